The summed E-state index contributed by atoms with van der Waals surface area (Å²) < 4.78 is 16.0. The standard InChI is InChI=1S/C12H22N2O4/c1-16-11(2-5-18-9-11)8-14-10(15)12(13)3-6-17-7-4-12/h2-9,13H2,1H3,(H,14,15). The van der Waals surface area contributed by atoms with E-state index >= 15 is 0 Å². The Morgan fingerprint density at radius 3 is 2.50 bits per heavy atom. The summed E-state index contributed by atoms with van der Waals surface area (Å²) in [6.07, 6.45) is 1.93. The fourth-order valence-corrected chi connectivity index (χ4v) is 2.34. The van der Waals surface area contributed by atoms with Crippen molar-refractivity contribution in [3.63, 3.8) is 0 Å². The van der Waals surface area contributed by atoms with E-state index in [1.807, 2.05) is 0 Å². The zero-order valence-corrected chi connectivity index (χ0v) is 10.9. The van der Waals surface area contributed by atoms with Crippen LogP contribution in [0.1, 0.15) is 19.3 Å². The Hall–Kier alpha value is -0.690. The molecule has 2 rings (SSSR count). The van der Waals surface area contributed by atoms with Gasteiger partial charge in [-0.1, -0.05) is 0 Å². The number of hydrogen-bond donors (Lipinski definition) is 2. The smallest absolute Gasteiger partial charge is 0.240 e. The van der Waals surface area contributed by atoms with E-state index in [9.17, 15) is 4.79 Å². The number of nitrogens with two attached hydrogens (primary N) is 1. The second kappa shape index (κ2) is 5.52. The number of rotatable bonds is 4. The third-order valence-corrected chi connectivity index (χ3v) is 3.91. The molecule has 6 heteroatoms. The van der Waals surface area contributed by atoms with Crippen LogP contribution >= 0.6 is 0 Å². The first-order valence-electron chi connectivity index (χ1n) is 6.38. The molecule has 2 aliphatic rings. The van der Waals surface area contributed by atoms with Gasteiger partial charge in [0, 0.05) is 39.9 Å². The lowest BCUT2D eigenvalue weighted by atomic mass is 9.90. The van der Waals surface area contributed by atoms with E-state index in [2.05, 4.69) is 5.32 Å². The molecule has 1 amide bonds. The van der Waals surface area contributed by atoms with Crippen molar-refractivity contribution in [2.45, 2.75) is 30.4 Å². The van der Waals surface area contributed by atoms with Gasteiger partial charge in [-0.15, -0.1) is 0 Å². The average Bonchev–Trinajstić information content (AvgIpc) is 2.86. The van der Waals surface area contributed by atoms with Crippen molar-refractivity contribution in [2.75, 3.05) is 40.1 Å². The molecule has 2 saturated heterocycles. The number of amides is 1. The van der Waals surface area contributed by atoms with Crippen molar-refractivity contribution >= 4 is 5.91 Å². The summed E-state index contributed by atoms with van der Waals surface area (Å²) in [5.74, 6) is -0.117. The van der Waals surface area contributed by atoms with Crippen LogP contribution in [-0.4, -0.2) is 57.1 Å². The van der Waals surface area contributed by atoms with Crippen LogP contribution in [0.2, 0.25) is 0 Å². The van der Waals surface area contributed by atoms with Crippen LogP contribution in [0.4, 0.5) is 0 Å². The van der Waals surface area contributed by atoms with E-state index < -0.39 is 11.1 Å². The maximum atomic E-state index is 12.1. The number of ether oxygens (including phenoxy) is 3. The highest BCUT2D eigenvalue weighted by molar-refractivity contribution is 5.86. The van der Waals surface area contributed by atoms with Crippen molar-refractivity contribution in [1.29, 1.82) is 0 Å². The van der Waals surface area contributed by atoms with Crippen molar-refractivity contribution < 1.29 is 19.0 Å². The summed E-state index contributed by atoms with van der Waals surface area (Å²) in [5, 5.41) is 2.90. The van der Waals surface area contributed by atoms with Gasteiger partial charge in [-0.3, -0.25) is 4.79 Å². The Morgan fingerprint density at radius 2 is 1.94 bits per heavy atom. The Morgan fingerprint density at radius 1 is 1.28 bits per heavy atom. The Balaban J connectivity index is 1.87. The third kappa shape index (κ3) is 2.83. The van der Waals surface area contributed by atoms with E-state index in [1.165, 1.54) is 0 Å². The first-order valence-corrected chi connectivity index (χ1v) is 6.38. The van der Waals surface area contributed by atoms with Crippen LogP contribution in [-0.2, 0) is 19.0 Å². The molecule has 1 unspecified atom stereocenters. The van der Waals surface area contributed by atoms with Gasteiger partial charge in [-0.25, -0.2) is 0 Å². The summed E-state index contributed by atoms with van der Waals surface area (Å²) in [6.45, 7) is 2.73. The first-order chi connectivity index (χ1) is 8.60. The molecule has 104 valence electrons. The van der Waals surface area contributed by atoms with Crippen molar-refractivity contribution in [3.05, 3.63) is 0 Å². The molecule has 0 radical (unpaired) electrons. The van der Waals surface area contributed by atoms with Crippen LogP contribution < -0.4 is 11.1 Å². The second-order valence-electron chi connectivity index (χ2n) is 5.14. The SMILES string of the molecule is COC1(CNC(=O)C2(N)CCOCC2)CCOC1. The van der Waals surface area contributed by atoms with Crippen molar-refractivity contribution in [3.8, 4) is 0 Å². The molecular formula is C12H22N2O4. The average molecular weight is 258 g/mol. The van der Waals surface area contributed by atoms with Crippen LogP contribution in [0.25, 0.3) is 0 Å². The van der Waals surface area contributed by atoms with Crippen LogP contribution in [0.15, 0.2) is 0 Å². The monoisotopic (exact) mass is 258 g/mol. The van der Waals surface area contributed by atoms with Gasteiger partial charge in [0.15, 0.2) is 0 Å². The fourth-order valence-electron chi connectivity index (χ4n) is 2.34. The number of nitrogens with one attached hydrogen (secondary N) is 1. The molecule has 0 spiro atoms. The summed E-state index contributed by atoms with van der Waals surface area (Å²) in [7, 11) is 1.65. The molecule has 1 atom stereocenters. The maximum absolute atomic E-state index is 12.1. The quantitative estimate of drug-likeness (QED) is 0.704. The van der Waals surface area contributed by atoms with Gasteiger partial charge in [0.25, 0.3) is 0 Å². The normalized spacial score (nSPS) is 31.2. The molecule has 0 aromatic rings. The van der Waals surface area contributed by atoms with Crippen molar-refractivity contribution in [2.24, 2.45) is 5.73 Å². The van der Waals surface area contributed by atoms with Gasteiger partial charge in [0.2, 0.25) is 5.91 Å². The molecule has 3 N–H and O–H groups in total. The van der Waals surface area contributed by atoms with Crippen LogP contribution in [0.3, 0.4) is 0 Å². The fraction of sp³-hybridized carbons (Fsp3) is 0.917. The highest BCUT2D eigenvalue weighted by Gasteiger charge is 2.39. The predicted molar refractivity (Wildman–Crippen MR) is 65.2 cm³/mol. The lowest BCUT2D eigenvalue weighted by Crippen LogP contribution is -2.59. The molecule has 2 aliphatic heterocycles. The second-order valence-corrected chi connectivity index (χ2v) is 5.14. The zero-order valence-electron chi connectivity index (χ0n) is 10.9. The molecule has 0 saturated carbocycles. The van der Waals surface area contributed by atoms with Gasteiger partial charge >= 0.3 is 0 Å². The number of methoxy groups -OCH3 is 1. The van der Waals surface area contributed by atoms with Gasteiger partial charge < -0.3 is 25.3 Å². The van der Waals surface area contributed by atoms with E-state index in [0.717, 1.165) is 6.42 Å². The van der Waals surface area contributed by atoms with E-state index in [0.29, 0.717) is 45.8 Å². The molecule has 0 bridgehead atoms. The summed E-state index contributed by atoms with van der Waals surface area (Å²) in [5.41, 5.74) is 4.92. The van der Waals surface area contributed by atoms with Crippen LogP contribution in [0.5, 0.6) is 0 Å². The minimum atomic E-state index is -0.799. The summed E-state index contributed by atoms with van der Waals surface area (Å²) in [6, 6.07) is 0. The first kappa shape index (κ1) is 13.7. The number of carbonyl (C=O) groups is 1. The Labute approximate surface area is 107 Å². The maximum Gasteiger partial charge on any atom is 0.240 e. The van der Waals surface area contributed by atoms with E-state index in [4.69, 9.17) is 19.9 Å². The minimum Gasteiger partial charge on any atom is -0.381 e. The van der Waals surface area contributed by atoms with Crippen molar-refractivity contribution in [1.82, 2.24) is 5.32 Å². The van der Waals surface area contributed by atoms with Gasteiger partial charge in [-0.05, 0) is 12.8 Å². The van der Waals surface area contributed by atoms with Gasteiger partial charge in [0.1, 0.15) is 5.60 Å². The van der Waals surface area contributed by atoms with Crippen LogP contribution in [0, 0.1) is 0 Å². The lowest BCUT2D eigenvalue weighted by Gasteiger charge is -2.33. The highest BCUT2D eigenvalue weighted by atomic mass is 16.5. The molecule has 2 heterocycles. The Kier molecular flexibility index (Phi) is 4.21. The lowest BCUT2D eigenvalue weighted by molar-refractivity contribution is -0.131. The topological polar surface area (TPSA) is 82.8 Å². The molecule has 0 aromatic carbocycles. The zero-order chi connectivity index (χ0) is 13.1. The molecule has 0 aromatic heterocycles. The largest absolute Gasteiger partial charge is 0.381 e. The molecule has 0 aliphatic carbocycles. The van der Waals surface area contributed by atoms with Gasteiger partial charge in [0.05, 0.1) is 12.1 Å². The highest BCUT2D eigenvalue weighted by Crippen LogP contribution is 2.23. The van der Waals surface area contributed by atoms with E-state index in [1.54, 1.807) is 7.11 Å². The molecule has 2 fully saturated rings. The minimum absolute atomic E-state index is 0.117. The van der Waals surface area contributed by atoms with Gasteiger partial charge in [-0.2, -0.15) is 0 Å². The third-order valence-electron chi connectivity index (χ3n) is 3.91. The summed E-state index contributed by atoms with van der Waals surface area (Å²) >= 11 is 0. The molecular weight excluding hydrogens is 236 g/mol. The number of hydrogen-bond acceptors (Lipinski definition) is 5. The number of carbonyl (C=O) groups excluding carboxylic acids is 1. The summed E-state index contributed by atoms with van der Waals surface area (Å²) in [4.78, 5) is 12.1. The van der Waals surface area contributed by atoms with E-state index in [-0.39, 0.29) is 5.91 Å². The molecule has 6 nitrogen and oxygen atoms in total. The molecule has 18 heavy (non-hydrogen) atoms. The Bertz CT molecular complexity index is 296. The predicted octanol–water partition coefficient (Wildman–Crippen LogP) is -0.584.